The molecule has 2 aliphatic heterocycles. The smallest absolute Gasteiger partial charge is 0.411 e. The van der Waals surface area contributed by atoms with Crippen molar-refractivity contribution in [3.05, 3.63) is 35.4 Å². The predicted molar refractivity (Wildman–Crippen MR) is 91.1 cm³/mol. The number of nitrogens with zero attached hydrogens (tertiary/aromatic N) is 1. The predicted octanol–water partition coefficient (Wildman–Crippen LogP) is 3.50. The van der Waals surface area contributed by atoms with Crippen LogP contribution in [0.4, 0.5) is 4.79 Å². The molecule has 6 heteroatoms. The number of aliphatic carboxylic acids is 1. The van der Waals surface area contributed by atoms with E-state index >= 15 is 0 Å². The molecule has 1 saturated heterocycles. The van der Waals surface area contributed by atoms with Crippen LogP contribution in [0.2, 0.25) is 0 Å². The Morgan fingerprint density at radius 1 is 1.28 bits per heavy atom. The van der Waals surface area contributed by atoms with Gasteiger partial charge in [-0.15, -0.1) is 0 Å². The summed E-state index contributed by atoms with van der Waals surface area (Å²) in [5.41, 5.74) is 1.58. The third-order valence-electron chi connectivity index (χ3n) is 4.57. The van der Waals surface area contributed by atoms with Crippen LogP contribution in [0.1, 0.15) is 57.2 Å². The van der Waals surface area contributed by atoms with Crippen LogP contribution < -0.4 is 0 Å². The fourth-order valence-corrected chi connectivity index (χ4v) is 3.63. The first-order valence-corrected chi connectivity index (χ1v) is 8.69. The largest absolute Gasteiger partial charge is 0.481 e. The Labute approximate surface area is 147 Å². The second-order valence-electron chi connectivity index (χ2n) is 7.72. The Kier molecular flexibility index (Phi) is 4.73. The van der Waals surface area contributed by atoms with Crippen LogP contribution in [0.25, 0.3) is 0 Å². The highest BCUT2D eigenvalue weighted by Crippen LogP contribution is 2.42. The standard InChI is InChI=1S/C19H25NO5/c1-19(2,3)25-18(23)20-11-12-6-4-5-7-14(12)17(20)15-9-8-13(24-15)10-16(21)22/h4-7,13,15,17H,8-11H2,1-3H3,(H,21,22). The van der Waals surface area contributed by atoms with E-state index in [0.29, 0.717) is 13.0 Å². The highest BCUT2D eigenvalue weighted by atomic mass is 16.6. The van der Waals surface area contributed by atoms with Crippen LogP contribution in [0, 0.1) is 0 Å². The average molecular weight is 347 g/mol. The molecule has 6 nitrogen and oxygen atoms in total. The lowest BCUT2D eigenvalue weighted by molar-refractivity contribution is -0.140. The number of benzene rings is 1. The minimum absolute atomic E-state index is 0.00267. The first kappa shape index (κ1) is 17.7. The molecule has 1 aromatic rings. The summed E-state index contributed by atoms with van der Waals surface area (Å²) in [5.74, 6) is -0.860. The number of carbonyl (C=O) groups is 2. The van der Waals surface area contributed by atoms with Gasteiger partial charge in [0, 0.05) is 0 Å². The van der Waals surface area contributed by atoms with Crippen molar-refractivity contribution >= 4 is 12.1 Å². The van der Waals surface area contributed by atoms with E-state index in [0.717, 1.165) is 17.5 Å². The summed E-state index contributed by atoms with van der Waals surface area (Å²) in [6.07, 6.45) is 0.556. The molecule has 1 amide bonds. The molecule has 1 fully saturated rings. The number of rotatable bonds is 3. The van der Waals surface area contributed by atoms with Crippen molar-refractivity contribution in [3.63, 3.8) is 0 Å². The molecular weight excluding hydrogens is 322 g/mol. The number of carboxylic acids is 1. The number of fused-ring (bicyclic) bond motifs is 1. The van der Waals surface area contributed by atoms with E-state index in [9.17, 15) is 9.59 Å². The third kappa shape index (κ3) is 3.95. The molecule has 25 heavy (non-hydrogen) atoms. The maximum absolute atomic E-state index is 12.7. The summed E-state index contributed by atoms with van der Waals surface area (Å²) in [7, 11) is 0. The number of carbonyl (C=O) groups excluding carboxylic acids is 1. The molecule has 2 heterocycles. The van der Waals surface area contributed by atoms with Crippen molar-refractivity contribution in [1.82, 2.24) is 4.90 Å². The third-order valence-corrected chi connectivity index (χ3v) is 4.57. The Hall–Kier alpha value is -2.08. The molecule has 3 rings (SSSR count). The number of hydrogen-bond acceptors (Lipinski definition) is 4. The Morgan fingerprint density at radius 3 is 2.68 bits per heavy atom. The van der Waals surface area contributed by atoms with Crippen molar-refractivity contribution in [2.45, 2.75) is 70.4 Å². The quantitative estimate of drug-likeness (QED) is 0.905. The summed E-state index contributed by atoms with van der Waals surface area (Å²) >= 11 is 0. The zero-order valence-electron chi connectivity index (χ0n) is 14.9. The van der Waals surface area contributed by atoms with E-state index < -0.39 is 11.6 Å². The molecule has 0 aliphatic carbocycles. The van der Waals surface area contributed by atoms with E-state index in [-0.39, 0.29) is 30.8 Å². The van der Waals surface area contributed by atoms with Crippen molar-refractivity contribution in [1.29, 1.82) is 0 Å². The maximum atomic E-state index is 12.7. The van der Waals surface area contributed by atoms with Gasteiger partial charge < -0.3 is 14.6 Å². The topological polar surface area (TPSA) is 76.1 Å². The van der Waals surface area contributed by atoms with Gasteiger partial charge >= 0.3 is 12.1 Å². The van der Waals surface area contributed by atoms with Gasteiger partial charge in [-0.1, -0.05) is 24.3 Å². The van der Waals surface area contributed by atoms with Gasteiger partial charge in [-0.3, -0.25) is 9.69 Å². The normalized spacial score (nSPS) is 25.7. The van der Waals surface area contributed by atoms with E-state index in [2.05, 4.69) is 0 Å². The molecule has 1 N–H and O–H groups in total. The lowest BCUT2D eigenvalue weighted by Gasteiger charge is -2.32. The van der Waals surface area contributed by atoms with Gasteiger partial charge in [0.05, 0.1) is 31.2 Å². The highest BCUT2D eigenvalue weighted by Gasteiger charge is 2.44. The van der Waals surface area contributed by atoms with Gasteiger partial charge in [0.1, 0.15) is 5.60 Å². The van der Waals surface area contributed by atoms with Crippen LogP contribution in [0.15, 0.2) is 24.3 Å². The molecule has 0 radical (unpaired) electrons. The number of hydrogen-bond donors (Lipinski definition) is 1. The van der Waals surface area contributed by atoms with Gasteiger partial charge in [0.2, 0.25) is 0 Å². The molecule has 0 aromatic heterocycles. The summed E-state index contributed by atoms with van der Waals surface area (Å²) < 4.78 is 11.6. The Balaban J connectivity index is 1.82. The Morgan fingerprint density at radius 2 is 2.00 bits per heavy atom. The number of carboxylic acid groups (broad SMARTS) is 1. The zero-order valence-corrected chi connectivity index (χ0v) is 14.9. The fraction of sp³-hybridized carbons (Fsp3) is 0.579. The minimum Gasteiger partial charge on any atom is -0.481 e. The van der Waals surface area contributed by atoms with E-state index in [1.807, 2.05) is 45.0 Å². The lowest BCUT2D eigenvalue weighted by Crippen LogP contribution is -2.39. The molecule has 2 aliphatic rings. The molecular formula is C19H25NO5. The molecule has 3 atom stereocenters. The second kappa shape index (κ2) is 6.67. The summed E-state index contributed by atoms with van der Waals surface area (Å²) in [4.78, 5) is 25.4. The molecule has 0 saturated carbocycles. The first-order valence-electron chi connectivity index (χ1n) is 8.69. The Bertz CT molecular complexity index is 666. The number of amides is 1. The van der Waals surface area contributed by atoms with Gasteiger partial charge in [0.15, 0.2) is 0 Å². The van der Waals surface area contributed by atoms with E-state index in [4.69, 9.17) is 14.6 Å². The van der Waals surface area contributed by atoms with Crippen LogP contribution in [0.5, 0.6) is 0 Å². The van der Waals surface area contributed by atoms with Crippen molar-refractivity contribution < 1.29 is 24.2 Å². The van der Waals surface area contributed by atoms with E-state index in [1.54, 1.807) is 4.90 Å². The average Bonchev–Trinajstić information content (AvgIpc) is 3.08. The van der Waals surface area contributed by atoms with Crippen LogP contribution in [-0.2, 0) is 20.8 Å². The highest BCUT2D eigenvalue weighted by molar-refractivity contribution is 5.70. The van der Waals surface area contributed by atoms with Gasteiger partial charge in [-0.2, -0.15) is 0 Å². The fourth-order valence-electron chi connectivity index (χ4n) is 3.63. The number of ether oxygens (including phenoxy) is 2. The van der Waals surface area contributed by atoms with Crippen molar-refractivity contribution in [2.24, 2.45) is 0 Å². The maximum Gasteiger partial charge on any atom is 0.411 e. The van der Waals surface area contributed by atoms with Crippen LogP contribution in [0.3, 0.4) is 0 Å². The first-order chi connectivity index (χ1) is 11.7. The monoisotopic (exact) mass is 347 g/mol. The lowest BCUT2D eigenvalue weighted by atomic mass is 9.98. The van der Waals surface area contributed by atoms with Gasteiger partial charge in [-0.25, -0.2) is 4.79 Å². The molecule has 136 valence electrons. The minimum atomic E-state index is -0.860. The van der Waals surface area contributed by atoms with Gasteiger partial charge in [-0.05, 0) is 44.7 Å². The van der Waals surface area contributed by atoms with Crippen LogP contribution >= 0.6 is 0 Å². The van der Waals surface area contributed by atoms with E-state index in [1.165, 1.54) is 0 Å². The molecule has 0 bridgehead atoms. The summed E-state index contributed by atoms with van der Waals surface area (Å²) in [6.45, 7) is 6.02. The summed E-state index contributed by atoms with van der Waals surface area (Å²) in [6, 6.07) is 7.70. The van der Waals surface area contributed by atoms with Crippen molar-refractivity contribution in [3.8, 4) is 0 Å². The van der Waals surface area contributed by atoms with Crippen LogP contribution in [-0.4, -0.2) is 39.9 Å². The van der Waals surface area contributed by atoms with Crippen molar-refractivity contribution in [2.75, 3.05) is 0 Å². The molecule has 3 unspecified atom stereocenters. The molecule has 1 aromatic carbocycles. The molecule has 0 spiro atoms. The second-order valence-corrected chi connectivity index (χ2v) is 7.72. The zero-order chi connectivity index (χ0) is 18.2. The van der Waals surface area contributed by atoms with Gasteiger partial charge in [0.25, 0.3) is 0 Å². The SMILES string of the molecule is CC(C)(C)OC(=O)N1Cc2ccccc2C1C1CCC(CC(=O)O)O1. The summed E-state index contributed by atoms with van der Waals surface area (Å²) in [5, 5.41) is 8.99.